The predicted molar refractivity (Wildman–Crippen MR) is 80.9 cm³/mol. The van der Waals surface area contributed by atoms with E-state index >= 15 is 0 Å². The van der Waals surface area contributed by atoms with Crippen molar-refractivity contribution in [1.82, 2.24) is 0 Å². The van der Waals surface area contributed by atoms with Gasteiger partial charge in [0.15, 0.2) is 0 Å². The average molecular weight is 315 g/mol. The summed E-state index contributed by atoms with van der Waals surface area (Å²) in [6, 6.07) is 9.25. The average Bonchev–Trinajstić information content (AvgIpc) is 2.46. The normalized spacial score (nSPS) is 10.1. The molecule has 0 aliphatic carbocycles. The number of benzene rings is 2. The van der Waals surface area contributed by atoms with Gasteiger partial charge in [-0.3, -0.25) is 0 Å². The quantitative estimate of drug-likeness (QED) is 0.448. The van der Waals surface area contributed by atoms with E-state index in [1.807, 2.05) is 0 Å². The number of carbonyl (C=O) groups excluding carboxylic acids is 1. The lowest BCUT2D eigenvalue weighted by molar-refractivity contribution is 0.0651. The summed E-state index contributed by atoms with van der Waals surface area (Å²) in [4.78, 5) is 34.7. The van der Waals surface area contributed by atoms with Gasteiger partial charge in [-0.2, -0.15) is 0 Å². The summed E-state index contributed by atoms with van der Waals surface area (Å²) in [6.45, 7) is 1.45. The number of anilines is 1. The Hall–Kier alpha value is -3.35. The maximum Gasteiger partial charge on any atom is 0.345 e. The number of carbonyl (C=O) groups is 3. The number of rotatable bonds is 4. The van der Waals surface area contributed by atoms with Crippen LogP contribution in [0.15, 0.2) is 36.4 Å². The van der Waals surface area contributed by atoms with Gasteiger partial charge in [0, 0.05) is 0 Å². The van der Waals surface area contributed by atoms with Crippen molar-refractivity contribution < 1.29 is 29.3 Å². The van der Waals surface area contributed by atoms with Crippen LogP contribution in [0, 0.1) is 6.92 Å². The molecule has 0 heterocycles. The third-order valence-electron chi connectivity index (χ3n) is 3.17. The monoisotopic (exact) mass is 315 g/mol. The van der Waals surface area contributed by atoms with Crippen LogP contribution in [-0.2, 0) is 0 Å². The molecular weight excluding hydrogens is 302 g/mol. The largest absolute Gasteiger partial charge is 0.478 e. The molecule has 2 aromatic carbocycles. The van der Waals surface area contributed by atoms with E-state index in [2.05, 4.69) is 0 Å². The minimum atomic E-state index is -1.53. The van der Waals surface area contributed by atoms with Crippen molar-refractivity contribution in [2.75, 3.05) is 5.73 Å². The molecule has 0 unspecified atom stereocenters. The summed E-state index contributed by atoms with van der Waals surface area (Å²) in [5, 5.41) is 18.3. The summed E-state index contributed by atoms with van der Waals surface area (Å²) in [5.74, 6) is -3.57. The lowest BCUT2D eigenvalue weighted by Crippen LogP contribution is -2.19. The van der Waals surface area contributed by atoms with Gasteiger partial charge in [-0.15, -0.1) is 0 Å². The third kappa shape index (κ3) is 3.13. The highest BCUT2D eigenvalue weighted by Crippen LogP contribution is 2.27. The molecule has 0 aromatic heterocycles. The van der Waals surface area contributed by atoms with Gasteiger partial charge in [0.25, 0.3) is 0 Å². The summed E-state index contributed by atoms with van der Waals surface area (Å²) in [5.41, 5.74) is 4.22. The molecule has 7 heteroatoms. The van der Waals surface area contributed by atoms with E-state index in [1.165, 1.54) is 6.92 Å². The van der Waals surface area contributed by atoms with Crippen LogP contribution in [-0.4, -0.2) is 28.1 Å². The molecule has 4 N–H and O–H groups in total. The van der Waals surface area contributed by atoms with E-state index in [0.29, 0.717) is 0 Å². The number of nitrogen functional groups attached to an aromatic ring is 1. The van der Waals surface area contributed by atoms with Crippen LogP contribution in [0.4, 0.5) is 5.69 Å². The second-order valence-corrected chi connectivity index (χ2v) is 4.72. The van der Waals surface area contributed by atoms with Gasteiger partial charge < -0.3 is 20.7 Å². The van der Waals surface area contributed by atoms with Crippen LogP contribution in [0.2, 0.25) is 0 Å². The molecule has 2 aromatic rings. The first-order valence-corrected chi connectivity index (χ1v) is 6.49. The molecule has 2 rings (SSSR count). The van der Waals surface area contributed by atoms with E-state index in [4.69, 9.17) is 15.6 Å². The fourth-order valence-electron chi connectivity index (χ4n) is 2.16. The third-order valence-corrected chi connectivity index (χ3v) is 3.17. The fourth-order valence-corrected chi connectivity index (χ4v) is 2.16. The Morgan fingerprint density at radius 2 is 1.61 bits per heavy atom. The molecule has 0 aliphatic heterocycles. The van der Waals surface area contributed by atoms with Gasteiger partial charge in [0.1, 0.15) is 5.75 Å². The van der Waals surface area contributed by atoms with Gasteiger partial charge in [0.05, 0.1) is 22.4 Å². The van der Waals surface area contributed by atoms with Gasteiger partial charge in [-0.25, -0.2) is 14.4 Å². The van der Waals surface area contributed by atoms with Crippen LogP contribution in [0.3, 0.4) is 0 Å². The maximum absolute atomic E-state index is 12.3. The minimum absolute atomic E-state index is 0.170. The zero-order chi connectivity index (χ0) is 17.1. The van der Waals surface area contributed by atoms with Gasteiger partial charge >= 0.3 is 17.9 Å². The summed E-state index contributed by atoms with van der Waals surface area (Å²) in [7, 11) is 0. The predicted octanol–water partition coefficient (Wildman–Crippen LogP) is 2.19. The number of hydrogen-bond donors (Lipinski definition) is 3. The smallest absolute Gasteiger partial charge is 0.345 e. The molecule has 0 fully saturated rings. The Kier molecular flexibility index (Phi) is 4.31. The fraction of sp³-hybridized carbons (Fsp3) is 0.0625. The summed E-state index contributed by atoms with van der Waals surface area (Å²) < 4.78 is 5.14. The Morgan fingerprint density at radius 3 is 2.13 bits per heavy atom. The zero-order valence-corrected chi connectivity index (χ0v) is 12.1. The molecule has 23 heavy (non-hydrogen) atoms. The molecule has 0 saturated heterocycles. The number of nitrogens with two attached hydrogens (primary N) is 1. The zero-order valence-electron chi connectivity index (χ0n) is 12.1. The Labute approximate surface area is 130 Å². The second kappa shape index (κ2) is 6.18. The van der Waals surface area contributed by atoms with Gasteiger partial charge in [-0.05, 0) is 30.7 Å². The van der Waals surface area contributed by atoms with Gasteiger partial charge in [0.2, 0.25) is 0 Å². The topological polar surface area (TPSA) is 127 Å². The van der Waals surface area contributed by atoms with Crippen molar-refractivity contribution in [3.05, 3.63) is 58.7 Å². The highest BCUT2D eigenvalue weighted by atomic mass is 16.5. The molecule has 0 atom stereocenters. The molecule has 0 radical (unpaired) electrons. The molecule has 7 nitrogen and oxygen atoms in total. The van der Waals surface area contributed by atoms with E-state index in [-0.39, 0.29) is 16.9 Å². The lowest BCUT2D eigenvalue weighted by Gasteiger charge is -2.13. The second-order valence-electron chi connectivity index (χ2n) is 4.72. The molecule has 0 bridgehead atoms. The maximum atomic E-state index is 12.3. The molecule has 0 aliphatic rings. The van der Waals surface area contributed by atoms with E-state index in [0.717, 1.165) is 6.07 Å². The van der Waals surface area contributed by atoms with Crippen molar-refractivity contribution in [2.24, 2.45) is 0 Å². The van der Waals surface area contributed by atoms with Crippen molar-refractivity contribution in [2.45, 2.75) is 6.92 Å². The van der Waals surface area contributed by atoms with Crippen LogP contribution in [0.1, 0.15) is 36.6 Å². The molecule has 0 saturated carbocycles. The summed E-state index contributed by atoms with van der Waals surface area (Å²) in [6.07, 6.45) is 0. The van der Waals surface area contributed by atoms with Gasteiger partial charge in [-0.1, -0.05) is 18.2 Å². The Morgan fingerprint density at radius 1 is 1.00 bits per heavy atom. The highest BCUT2D eigenvalue weighted by molar-refractivity contribution is 6.11. The Balaban J connectivity index is 2.55. The van der Waals surface area contributed by atoms with E-state index < -0.39 is 34.7 Å². The molecule has 118 valence electrons. The first-order chi connectivity index (χ1) is 10.8. The molecule has 0 spiro atoms. The van der Waals surface area contributed by atoms with Crippen LogP contribution >= 0.6 is 0 Å². The van der Waals surface area contributed by atoms with E-state index in [9.17, 15) is 19.5 Å². The number of ether oxygens (including phenoxy) is 1. The van der Waals surface area contributed by atoms with Crippen molar-refractivity contribution in [1.29, 1.82) is 0 Å². The SMILES string of the molecule is Cc1cc(C(=O)O)c(C(=O)O)c(N)c1C(=O)Oc1ccccc1. The first kappa shape index (κ1) is 16.0. The minimum Gasteiger partial charge on any atom is -0.478 e. The van der Waals surface area contributed by atoms with Crippen LogP contribution < -0.4 is 10.5 Å². The lowest BCUT2D eigenvalue weighted by atomic mass is 9.96. The van der Waals surface area contributed by atoms with Crippen molar-refractivity contribution >= 4 is 23.6 Å². The number of para-hydroxylation sites is 1. The number of aryl methyl sites for hydroxylation is 1. The van der Waals surface area contributed by atoms with Crippen LogP contribution in [0.5, 0.6) is 5.75 Å². The van der Waals surface area contributed by atoms with Crippen molar-refractivity contribution in [3.63, 3.8) is 0 Å². The highest BCUT2D eigenvalue weighted by Gasteiger charge is 2.27. The standard InChI is InChI=1S/C16H13NO6/c1-8-7-10(14(18)19)12(15(20)21)13(17)11(8)16(22)23-9-5-3-2-4-6-9/h2-7H,17H2,1H3,(H,18,19)(H,20,21). The summed E-state index contributed by atoms with van der Waals surface area (Å²) >= 11 is 0. The number of carboxylic acids is 2. The first-order valence-electron chi connectivity index (χ1n) is 6.49. The number of hydrogen-bond acceptors (Lipinski definition) is 5. The van der Waals surface area contributed by atoms with Crippen LogP contribution in [0.25, 0.3) is 0 Å². The van der Waals surface area contributed by atoms with E-state index in [1.54, 1.807) is 30.3 Å². The molecule has 0 amide bonds. The number of carboxylic acid groups (broad SMARTS) is 2. The number of esters is 1. The Bertz CT molecular complexity index is 798. The number of aromatic carboxylic acids is 2. The van der Waals surface area contributed by atoms with Crippen molar-refractivity contribution in [3.8, 4) is 5.75 Å². The molecular formula is C16H13NO6.